The third-order valence-electron chi connectivity index (χ3n) is 13.8. The largest absolute Gasteiger partial charge is 0.466 e. The molecule has 0 rings (SSSR count). The number of carbonyl (C=O) groups excluding carboxylic acids is 2. The van der Waals surface area contributed by atoms with Crippen molar-refractivity contribution in [2.75, 3.05) is 13.2 Å². The number of esters is 1. The first-order valence-electron chi connectivity index (χ1n) is 29.4. The number of hydrogen-bond acceptors (Lipinski definition) is 5. The van der Waals surface area contributed by atoms with E-state index >= 15 is 0 Å². The summed E-state index contributed by atoms with van der Waals surface area (Å²) in [6.07, 6.45) is 64.8. The van der Waals surface area contributed by atoms with Gasteiger partial charge >= 0.3 is 5.97 Å². The summed E-state index contributed by atoms with van der Waals surface area (Å²) in [5.41, 5.74) is 0. The van der Waals surface area contributed by atoms with Gasteiger partial charge in [0.1, 0.15) is 0 Å². The summed E-state index contributed by atoms with van der Waals surface area (Å²) in [5.74, 6) is -0.0587. The molecule has 0 aromatic rings. The zero-order valence-electron chi connectivity index (χ0n) is 44.0. The number of nitrogens with one attached hydrogen (secondary N) is 1. The summed E-state index contributed by atoms with van der Waals surface area (Å²) >= 11 is 0. The van der Waals surface area contributed by atoms with Crippen LogP contribution in [0.1, 0.15) is 328 Å². The topological polar surface area (TPSA) is 95.9 Å². The molecule has 0 aliphatic rings. The molecule has 0 spiro atoms. The zero-order valence-corrected chi connectivity index (χ0v) is 44.0. The molecular weight excluding hydrogens is 803 g/mol. The molecule has 6 nitrogen and oxygen atoms in total. The van der Waals surface area contributed by atoms with E-state index in [1.54, 1.807) is 0 Å². The first-order valence-corrected chi connectivity index (χ1v) is 29.4. The van der Waals surface area contributed by atoms with Gasteiger partial charge in [-0.3, -0.25) is 9.59 Å². The minimum atomic E-state index is -0.674. The first kappa shape index (κ1) is 63.6. The van der Waals surface area contributed by atoms with Gasteiger partial charge in [0.25, 0.3) is 0 Å². The van der Waals surface area contributed by atoms with Crippen molar-refractivity contribution in [2.45, 2.75) is 341 Å². The van der Waals surface area contributed by atoms with Crippen LogP contribution in [0, 0.1) is 0 Å². The van der Waals surface area contributed by atoms with Crippen LogP contribution < -0.4 is 5.32 Å². The highest BCUT2D eigenvalue weighted by Crippen LogP contribution is 2.17. The quantitative estimate of drug-likeness (QED) is 0.0321. The molecule has 1 amide bonds. The molecule has 2 unspecified atom stereocenters. The number of rotatable bonds is 55. The number of hydrogen-bond donors (Lipinski definition) is 3. The lowest BCUT2D eigenvalue weighted by atomic mass is 10.0. The molecule has 0 aliphatic carbocycles. The Morgan fingerprint density at radius 1 is 0.415 bits per heavy atom. The van der Waals surface area contributed by atoms with Crippen LogP contribution in [0.15, 0.2) is 12.2 Å². The molecule has 0 aliphatic heterocycles. The van der Waals surface area contributed by atoms with Gasteiger partial charge in [-0.15, -0.1) is 0 Å². The Hall–Kier alpha value is -1.40. The highest BCUT2D eigenvalue weighted by Gasteiger charge is 2.20. The lowest BCUT2D eigenvalue weighted by molar-refractivity contribution is -0.143. The maximum Gasteiger partial charge on any atom is 0.305 e. The van der Waals surface area contributed by atoms with Gasteiger partial charge in [-0.1, -0.05) is 276 Å². The van der Waals surface area contributed by atoms with E-state index in [-0.39, 0.29) is 18.5 Å². The number of allylic oxidation sites excluding steroid dienone is 2. The van der Waals surface area contributed by atoms with Crippen LogP contribution in [0.2, 0.25) is 0 Å². The van der Waals surface area contributed by atoms with E-state index in [0.717, 1.165) is 57.8 Å². The van der Waals surface area contributed by atoms with E-state index in [0.29, 0.717) is 25.9 Å². The molecule has 65 heavy (non-hydrogen) atoms. The van der Waals surface area contributed by atoms with Crippen molar-refractivity contribution in [2.24, 2.45) is 0 Å². The smallest absolute Gasteiger partial charge is 0.305 e. The van der Waals surface area contributed by atoms with Crippen molar-refractivity contribution in [3.63, 3.8) is 0 Å². The van der Waals surface area contributed by atoms with Gasteiger partial charge < -0.3 is 20.3 Å². The maximum absolute atomic E-state index is 12.5. The highest BCUT2D eigenvalue weighted by molar-refractivity contribution is 5.76. The van der Waals surface area contributed by atoms with Crippen molar-refractivity contribution in [3.05, 3.63) is 12.2 Å². The molecule has 0 aromatic heterocycles. The van der Waals surface area contributed by atoms with Crippen molar-refractivity contribution in [1.82, 2.24) is 5.32 Å². The third kappa shape index (κ3) is 51.8. The second-order valence-electron chi connectivity index (χ2n) is 20.3. The Morgan fingerprint density at radius 3 is 1.09 bits per heavy atom. The summed E-state index contributed by atoms with van der Waals surface area (Å²) in [4.78, 5) is 24.6. The molecule has 0 aromatic carbocycles. The fraction of sp³-hybridized carbons (Fsp3) is 0.932. The molecule has 3 N–H and O–H groups in total. The number of aliphatic hydroxyl groups is 2. The average molecular weight is 919 g/mol. The molecule has 0 fully saturated rings. The monoisotopic (exact) mass is 918 g/mol. The number of carbonyl (C=O) groups is 2. The maximum atomic E-state index is 12.5. The lowest BCUT2D eigenvalue weighted by Crippen LogP contribution is -2.45. The first-order chi connectivity index (χ1) is 32.0. The van der Waals surface area contributed by atoms with Gasteiger partial charge in [0.05, 0.1) is 25.4 Å². The van der Waals surface area contributed by atoms with Gasteiger partial charge in [0.2, 0.25) is 5.91 Å². The van der Waals surface area contributed by atoms with Crippen LogP contribution in [0.3, 0.4) is 0 Å². The SMILES string of the molecule is CCCCCCCCC/C=C\CCCCCCCCCC(=O)OCCCCCCCCCCCCCCC(=O)NC(CO)C(O)CCCCCCCCCCCCCCCCCCCC. The molecular formula is C59H115NO5. The standard InChI is InChI=1S/C59H115NO5/c1-3-5-7-9-11-13-15-17-19-21-23-25-27-31-35-39-43-47-51-57(62)56(55-61)60-58(63)52-48-44-40-36-32-29-30-34-38-42-46-50-54-65-59(64)53-49-45-41-37-33-28-26-24-22-20-18-16-14-12-10-8-6-4-2/h20,22,56-57,61-62H,3-19,21,23-55H2,1-2H3,(H,60,63)/b22-20-. The minimum Gasteiger partial charge on any atom is -0.466 e. The Balaban J connectivity index is 3.44. The minimum absolute atomic E-state index is 0.0111. The molecule has 0 saturated carbocycles. The van der Waals surface area contributed by atoms with Crippen molar-refractivity contribution in [3.8, 4) is 0 Å². The van der Waals surface area contributed by atoms with Crippen LogP contribution in [0.4, 0.5) is 0 Å². The number of unbranched alkanes of at least 4 members (excludes halogenated alkanes) is 42. The molecule has 2 atom stereocenters. The van der Waals surface area contributed by atoms with Crippen LogP contribution in [-0.2, 0) is 14.3 Å². The number of ether oxygens (including phenoxy) is 1. The average Bonchev–Trinajstić information content (AvgIpc) is 3.31. The van der Waals surface area contributed by atoms with Gasteiger partial charge in [-0.25, -0.2) is 0 Å². The predicted molar refractivity (Wildman–Crippen MR) is 283 cm³/mol. The van der Waals surface area contributed by atoms with Crippen molar-refractivity contribution >= 4 is 11.9 Å². The van der Waals surface area contributed by atoms with Crippen LogP contribution in [0.25, 0.3) is 0 Å². The van der Waals surface area contributed by atoms with Crippen LogP contribution >= 0.6 is 0 Å². The third-order valence-corrected chi connectivity index (χ3v) is 13.8. The number of amides is 1. The molecule has 6 heteroatoms. The van der Waals surface area contributed by atoms with Crippen molar-refractivity contribution in [1.29, 1.82) is 0 Å². The lowest BCUT2D eigenvalue weighted by Gasteiger charge is -2.22. The van der Waals surface area contributed by atoms with Crippen molar-refractivity contribution < 1.29 is 24.5 Å². The predicted octanol–water partition coefficient (Wildman–Crippen LogP) is 18.1. The number of aliphatic hydroxyl groups excluding tert-OH is 2. The van der Waals surface area contributed by atoms with Crippen LogP contribution in [-0.4, -0.2) is 47.4 Å². The fourth-order valence-electron chi connectivity index (χ4n) is 9.28. The summed E-state index contributed by atoms with van der Waals surface area (Å²) < 4.78 is 5.48. The highest BCUT2D eigenvalue weighted by atomic mass is 16.5. The normalized spacial score (nSPS) is 12.6. The Labute approximate surface area is 406 Å². The molecule has 0 radical (unpaired) electrons. The Kier molecular flexibility index (Phi) is 54.0. The summed E-state index contributed by atoms with van der Waals surface area (Å²) in [7, 11) is 0. The molecule has 386 valence electrons. The van der Waals surface area contributed by atoms with Gasteiger partial charge in [0.15, 0.2) is 0 Å². The summed E-state index contributed by atoms with van der Waals surface area (Å²) in [6.45, 7) is 4.94. The van der Waals surface area contributed by atoms with E-state index in [2.05, 4.69) is 31.3 Å². The Morgan fingerprint density at radius 2 is 0.723 bits per heavy atom. The van der Waals surface area contributed by atoms with Gasteiger partial charge in [-0.2, -0.15) is 0 Å². The van der Waals surface area contributed by atoms with Gasteiger partial charge in [-0.05, 0) is 51.4 Å². The molecule has 0 heterocycles. The summed E-state index contributed by atoms with van der Waals surface area (Å²) in [5, 5.41) is 23.3. The van der Waals surface area contributed by atoms with E-state index in [9.17, 15) is 19.8 Å². The van der Waals surface area contributed by atoms with E-state index in [4.69, 9.17) is 4.74 Å². The van der Waals surface area contributed by atoms with E-state index in [1.807, 2.05) is 0 Å². The van der Waals surface area contributed by atoms with Crippen LogP contribution in [0.5, 0.6) is 0 Å². The van der Waals surface area contributed by atoms with E-state index in [1.165, 1.54) is 238 Å². The fourth-order valence-corrected chi connectivity index (χ4v) is 9.28. The molecule has 0 saturated heterocycles. The zero-order chi connectivity index (χ0) is 47.2. The molecule has 0 bridgehead atoms. The second-order valence-corrected chi connectivity index (χ2v) is 20.3. The Bertz CT molecular complexity index is 970. The second kappa shape index (κ2) is 55.2. The summed E-state index contributed by atoms with van der Waals surface area (Å²) in [6, 6.07) is -0.553. The van der Waals surface area contributed by atoms with E-state index < -0.39 is 12.1 Å². The van der Waals surface area contributed by atoms with Gasteiger partial charge in [0, 0.05) is 12.8 Å².